The molecule has 0 amide bonds. The van der Waals surface area contributed by atoms with Crippen LogP contribution in [0, 0.1) is 30.6 Å². The standard InChI is InChI=1S/C50H58/c1-12-31(13-2)33-27-38(32(14-3)15-4)43(29(5)6)50(28-33)41-25-24-37-45(42(41)39-26-30(7)34-20-16-17-21-35(34)44(39)50)49(10,11)46-36-22-18-19-23-40(36)48(8,9)47(37)46/h16-29,31-32,43H,12-15H2,1-11H3. The van der Waals surface area contributed by atoms with E-state index < -0.39 is 0 Å². The van der Waals surface area contributed by atoms with Crippen molar-refractivity contribution in [3.63, 3.8) is 0 Å². The molecule has 0 heteroatoms. The van der Waals surface area contributed by atoms with Gasteiger partial charge in [0.05, 0.1) is 0 Å². The topological polar surface area (TPSA) is 0 Å². The Labute approximate surface area is 302 Å². The van der Waals surface area contributed by atoms with Gasteiger partial charge in [0.2, 0.25) is 0 Å². The highest BCUT2D eigenvalue weighted by molar-refractivity contribution is 6.13. The molecule has 0 bridgehead atoms. The van der Waals surface area contributed by atoms with Crippen LogP contribution in [0.15, 0.2) is 90.0 Å². The molecule has 0 fully saturated rings. The van der Waals surface area contributed by atoms with Crippen molar-refractivity contribution in [3.8, 4) is 11.1 Å². The molecule has 4 aromatic carbocycles. The maximum Gasteiger partial charge on any atom is 0.0474 e. The van der Waals surface area contributed by atoms with Crippen LogP contribution in [0.25, 0.3) is 33.0 Å². The van der Waals surface area contributed by atoms with Gasteiger partial charge in [-0.15, -0.1) is 0 Å². The van der Waals surface area contributed by atoms with Crippen molar-refractivity contribution in [1.82, 2.24) is 0 Å². The highest BCUT2D eigenvalue weighted by Gasteiger charge is 2.57. The number of hydrogen-bond donors (Lipinski definition) is 0. The van der Waals surface area contributed by atoms with Gasteiger partial charge in [0, 0.05) is 22.2 Å². The normalized spacial score (nSPS) is 22.3. The van der Waals surface area contributed by atoms with Gasteiger partial charge in [0.25, 0.3) is 0 Å². The van der Waals surface area contributed by atoms with Crippen LogP contribution < -0.4 is 0 Å². The minimum Gasteiger partial charge on any atom is -0.0654 e. The summed E-state index contributed by atoms with van der Waals surface area (Å²) >= 11 is 0. The molecule has 0 nitrogen and oxygen atoms in total. The molecule has 1 spiro atoms. The van der Waals surface area contributed by atoms with Crippen LogP contribution >= 0.6 is 0 Å². The van der Waals surface area contributed by atoms with E-state index >= 15 is 0 Å². The van der Waals surface area contributed by atoms with Crippen LogP contribution in [0.2, 0.25) is 0 Å². The zero-order chi connectivity index (χ0) is 35.5. The Morgan fingerprint density at radius 2 is 1.24 bits per heavy atom. The fraction of sp³-hybridized carbons (Fsp3) is 0.440. The first-order valence-corrected chi connectivity index (χ1v) is 19.9. The fourth-order valence-electron chi connectivity index (χ4n) is 11.9. The summed E-state index contributed by atoms with van der Waals surface area (Å²) in [5.74, 6) is 2.00. The van der Waals surface area contributed by atoms with Gasteiger partial charge >= 0.3 is 0 Å². The minimum absolute atomic E-state index is 0.0413. The Kier molecular flexibility index (Phi) is 7.66. The summed E-state index contributed by atoms with van der Waals surface area (Å²) in [4.78, 5) is 0. The van der Waals surface area contributed by atoms with Gasteiger partial charge in [-0.25, -0.2) is 0 Å². The van der Waals surface area contributed by atoms with Crippen molar-refractivity contribution in [3.05, 3.63) is 129 Å². The second kappa shape index (κ2) is 11.4. The molecular weight excluding hydrogens is 601 g/mol. The van der Waals surface area contributed by atoms with E-state index in [9.17, 15) is 0 Å². The first kappa shape index (κ1) is 33.5. The minimum atomic E-state index is -0.234. The van der Waals surface area contributed by atoms with Gasteiger partial charge in [-0.1, -0.05) is 154 Å². The number of fused-ring (bicyclic) bond motifs is 12. The highest BCUT2D eigenvalue weighted by Crippen LogP contribution is 2.69. The number of benzene rings is 4. The van der Waals surface area contributed by atoms with E-state index in [0.717, 1.165) is 0 Å². The van der Waals surface area contributed by atoms with E-state index in [1.165, 1.54) is 69.8 Å². The monoisotopic (exact) mass is 658 g/mol. The van der Waals surface area contributed by atoms with Gasteiger partial charge < -0.3 is 0 Å². The summed E-state index contributed by atoms with van der Waals surface area (Å²) in [7, 11) is 0. The first-order valence-electron chi connectivity index (χ1n) is 19.9. The van der Waals surface area contributed by atoms with Crippen LogP contribution in [-0.4, -0.2) is 0 Å². The van der Waals surface area contributed by atoms with Gasteiger partial charge in [0.15, 0.2) is 0 Å². The zero-order valence-electron chi connectivity index (χ0n) is 32.6. The van der Waals surface area contributed by atoms with Gasteiger partial charge in [-0.05, 0) is 128 Å². The molecule has 258 valence electrons. The van der Waals surface area contributed by atoms with Crippen molar-refractivity contribution < 1.29 is 0 Å². The first-order chi connectivity index (χ1) is 23.9. The van der Waals surface area contributed by atoms with E-state index in [1.54, 1.807) is 39.0 Å². The quantitative estimate of drug-likeness (QED) is 0.185. The third kappa shape index (κ3) is 4.12. The fourth-order valence-corrected chi connectivity index (χ4v) is 11.9. The van der Waals surface area contributed by atoms with Gasteiger partial charge in [-0.2, -0.15) is 0 Å². The predicted octanol–water partition coefficient (Wildman–Crippen LogP) is 13.9. The number of rotatable bonds is 7. The lowest BCUT2D eigenvalue weighted by Gasteiger charge is -2.47. The van der Waals surface area contributed by atoms with Crippen molar-refractivity contribution in [1.29, 1.82) is 0 Å². The van der Waals surface area contributed by atoms with Crippen molar-refractivity contribution in [2.45, 2.75) is 118 Å². The molecule has 0 aromatic heterocycles. The molecule has 0 saturated heterocycles. The lowest BCUT2D eigenvalue weighted by molar-refractivity contribution is 0.298. The second-order valence-electron chi connectivity index (χ2n) is 17.5. The Bertz CT molecular complexity index is 2150. The van der Waals surface area contributed by atoms with Crippen molar-refractivity contribution >= 4 is 21.9 Å². The number of allylic oxidation sites excluding steroid dienone is 6. The molecule has 2 atom stereocenters. The van der Waals surface area contributed by atoms with Crippen LogP contribution in [0.5, 0.6) is 0 Å². The Morgan fingerprint density at radius 1 is 0.620 bits per heavy atom. The Balaban J connectivity index is 1.54. The molecule has 8 rings (SSSR count). The summed E-state index contributed by atoms with van der Waals surface area (Å²) in [6.45, 7) is 27.0. The second-order valence-corrected chi connectivity index (χ2v) is 17.5. The highest BCUT2D eigenvalue weighted by atomic mass is 14.6. The number of aryl methyl sites for hydroxylation is 1. The maximum atomic E-state index is 2.84. The van der Waals surface area contributed by atoms with Crippen LogP contribution in [-0.2, 0) is 16.2 Å². The predicted molar refractivity (Wildman–Crippen MR) is 217 cm³/mol. The third-order valence-electron chi connectivity index (χ3n) is 14.0. The summed E-state index contributed by atoms with van der Waals surface area (Å²) in [6.07, 6.45) is 10.3. The van der Waals surface area contributed by atoms with Crippen molar-refractivity contribution in [2.24, 2.45) is 23.7 Å². The SMILES string of the molecule is CCC(CC)C1=CC2(c3ccc4c(c3-c3cc(C)c5ccccc5c32)C(C)(C)C2=C4C(C)(C)c3ccccc32)C(C(C)C)C(C(CC)CC)=C1. The molecule has 0 saturated carbocycles. The zero-order valence-corrected chi connectivity index (χ0v) is 32.6. The molecule has 0 heterocycles. The summed E-state index contributed by atoms with van der Waals surface area (Å²) in [5.41, 5.74) is 19.5. The Morgan fingerprint density at radius 3 is 1.90 bits per heavy atom. The maximum absolute atomic E-state index is 2.84. The lowest BCUT2D eigenvalue weighted by Crippen LogP contribution is -2.42. The molecule has 0 radical (unpaired) electrons. The molecule has 4 aliphatic rings. The van der Waals surface area contributed by atoms with Crippen LogP contribution in [0.1, 0.15) is 134 Å². The molecular formula is C50H58. The third-order valence-corrected chi connectivity index (χ3v) is 14.0. The van der Waals surface area contributed by atoms with Crippen LogP contribution in [0.4, 0.5) is 0 Å². The smallest absolute Gasteiger partial charge is 0.0474 e. The molecule has 50 heavy (non-hydrogen) atoms. The summed E-state index contributed by atoms with van der Waals surface area (Å²) < 4.78 is 0. The molecule has 0 N–H and O–H groups in total. The lowest BCUT2D eigenvalue weighted by atomic mass is 9.55. The van der Waals surface area contributed by atoms with Crippen LogP contribution in [0.3, 0.4) is 0 Å². The van der Waals surface area contributed by atoms with Gasteiger partial charge in [-0.3, -0.25) is 0 Å². The summed E-state index contributed by atoms with van der Waals surface area (Å²) in [6, 6.07) is 26.4. The van der Waals surface area contributed by atoms with E-state index in [-0.39, 0.29) is 16.2 Å². The molecule has 2 unspecified atom stereocenters. The van der Waals surface area contributed by atoms with E-state index in [2.05, 4.69) is 155 Å². The Hall–Kier alpha value is -3.64. The van der Waals surface area contributed by atoms with E-state index in [0.29, 0.717) is 23.7 Å². The van der Waals surface area contributed by atoms with E-state index in [1.807, 2.05) is 0 Å². The average molecular weight is 659 g/mol. The molecule has 4 aromatic rings. The molecule has 4 aliphatic carbocycles. The largest absolute Gasteiger partial charge is 0.0654 e. The van der Waals surface area contributed by atoms with Crippen molar-refractivity contribution in [2.75, 3.05) is 0 Å². The number of hydrogen-bond acceptors (Lipinski definition) is 0. The molecule has 0 aliphatic heterocycles. The summed E-state index contributed by atoms with van der Waals surface area (Å²) in [5, 5.41) is 2.86. The van der Waals surface area contributed by atoms with E-state index in [4.69, 9.17) is 0 Å². The average Bonchev–Trinajstić information content (AvgIpc) is 3.61. The van der Waals surface area contributed by atoms with Gasteiger partial charge in [0.1, 0.15) is 0 Å².